The largest absolute Gasteiger partial charge is 0.472 e. The Balaban J connectivity index is 1.52. The van der Waals surface area contributed by atoms with Crippen molar-refractivity contribution in [1.82, 2.24) is 15.2 Å². The minimum absolute atomic E-state index is 0.136. The highest BCUT2D eigenvalue weighted by molar-refractivity contribution is 5.80. The zero-order chi connectivity index (χ0) is 15.2. The average molecular weight is 300 g/mol. The lowest BCUT2D eigenvalue weighted by Gasteiger charge is -2.21. The molecule has 1 unspecified atom stereocenters. The molecule has 1 aliphatic heterocycles. The molecule has 0 amide bonds. The third kappa shape index (κ3) is 3.58. The molecule has 0 aliphatic carbocycles. The van der Waals surface area contributed by atoms with E-state index >= 15 is 0 Å². The monoisotopic (exact) mass is 300 g/mol. The third-order valence-electron chi connectivity index (χ3n) is 3.58. The number of aliphatic imine (C=N–C) groups is 1. The molecule has 0 bridgehead atoms. The Morgan fingerprint density at radius 2 is 2.41 bits per heavy atom. The van der Waals surface area contributed by atoms with Crippen LogP contribution in [0.1, 0.15) is 12.2 Å². The van der Waals surface area contributed by atoms with E-state index in [4.69, 9.17) is 9.15 Å². The lowest BCUT2D eigenvalue weighted by molar-refractivity contribution is 0.205. The van der Waals surface area contributed by atoms with Gasteiger partial charge in [-0.2, -0.15) is 0 Å². The summed E-state index contributed by atoms with van der Waals surface area (Å²) in [6.45, 7) is 2.34. The number of hydrogen-bond donors (Lipinski definition) is 1. The molecule has 0 spiro atoms. The summed E-state index contributed by atoms with van der Waals surface area (Å²) in [5, 5.41) is 3.31. The first-order valence-corrected chi connectivity index (χ1v) is 7.41. The highest BCUT2D eigenvalue weighted by atomic mass is 16.5. The summed E-state index contributed by atoms with van der Waals surface area (Å²) in [6, 6.07) is 9.52. The number of likely N-dealkylation sites (tertiary alicyclic amines) is 1. The Morgan fingerprint density at radius 3 is 3.14 bits per heavy atom. The molecular formula is C16H20N4O2. The number of hydrogen-bond acceptors (Lipinski definition) is 4. The van der Waals surface area contributed by atoms with Crippen molar-refractivity contribution in [2.75, 3.05) is 20.1 Å². The van der Waals surface area contributed by atoms with Crippen LogP contribution in [0.5, 0.6) is 5.88 Å². The van der Waals surface area contributed by atoms with Gasteiger partial charge >= 0.3 is 0 Å². The van der Waals surface area contributed by atoms with Gasteiger partial charge in [0.05, 0.1) is 19.4 Å². The molecule has 0 saturated carbocycles. The summed E-state index contributed by atoms with van der Waals surface area (Å²) in [4.78, 5) is 10.7. The number of guanidine groups is 1. The fourth-order valence-electron chi connectivity index (χ4n) is 2.52. The van der Waals surface area contributed by atoms with Gasteiger partial charge in [0.2, 0.25) is 5.88 Å². The molecule has 1 aliphatic rings. The number of nitrogens with zero attached hydrogens (tertiary/aromatic N) is 3. The van der Waals surface area contributed by atoms with E-state index in [0.717, 1.165) is 31.2 Å². The number of aromatic nitrogens is 1. The molecule has 6 nitrogen and oxygen atoms in total. The van der Waals surface area contributed by atoms with E-state index in [-0.39, 0.29) is 6.10 Å². The first-order chi connectivity index (χ1) is 10.8. The fraction of sp³-hybridized carbons (Fsp3) is 0.375. The quantitative estimate of drug-likeness (QED) is 0.690. The van der Waals surface area contributed by atoms with Gasteiger partial charge in [0, 0.05) is 32.3 Å². The van der Waals surface area contributed by atoms with Crippen molar-refractivity contribution >= 4 is 5.96 Å². The number of pyridine rings is 1. The van der Waals surface area contributed by atoms with Crippen LogP contribution < -0.4 is 10.1 Å². The number of nitrogens with one attached hydrogen (secondary N) is 1. The van der Waals surface area contributed by atoms with Crippen LogP contribution in [0.4, 0.5) is 0 Å². The normalized spacial score (nSPS) is 18.5. The lowest BCUT2D eigenvalue weighted by atomic mass is 10.3. The van der Waals surface area contributed by atoms with E-state index < -0.39 is 0 Å². The standard InChI is InChI=1S/C16H20N4O2/c1-17-16(19-11-13-5-4-10-21-13)20-9-7-14(12-20)22-15-6-2-3-8-18-15/h2-6,8,10,14H,7,9,11-12H2,1H3,(H,17,19). The van der Waals surface area contributed by atoms with Crippen molar-refractivity contribution in [2.45, 2.75) is 19.1 Å². The van der Waals surface area contributed by atoms with Gasteiger partial charge in [-0.25, -0.2) is 4.98 Å². The maximum Gasteiger partial charge on any atom is 0.213 e. The molecule has 0 aromatic carbocycles. The van der Waals surface area contributed by atoms with Gasteiger partial charge in [0.25, 0.3) is 0 Å². The molecule has 6 heteroatoms. The lowest BCUT2D eigenvalue weighted by Crippen LogP contribution is -2.40. The predicted octanol–water partition coefficient (Wildman–Crippen LogP) is 1.90. The maximum absolute atomic E-state index is 5.90. The molecule has 1 N–H and O–H groups in total. The van der Waals surface area contributed by atoms with Crippen molar-refractivity contribution < 1.29 is 9.15 Å². The van der Waals surface area contributed by atoms with Crippen LogP contribution in [-0.4, -0.2) is 42.1 Å². The summed E-state index contributed by atoms with van der Waals surface area (Å²) in [5.74, 6) is 2.43. The third-order valence-corrected chi connectivity index (χ3v) is 3.58. The van der Waals surface area contributed by atoms with Gasteiger partial charge in [-0.15, -0.1) is 0 Å². The molecule has 116 valence electrons. The number of ether oxygens (including phenoxy) is 1. The second-order valence-electron chi connectivity index (χ2n) is 5.12. The van der Waals surface area contributed by atoms with Gasteiger partial charge in [-0.3, -0.25) is 4.99 Å². The van der Waals surface area contributed by atoms with Crippen LogP contribution in [0, 0.1) is 0 Å². The smallest absolute Gasteiger partial charge is 0.213 e. The number of rotatable bonds is 4. The molecule has 1 fully saturated rings. The van der Waals surface area contributed by atoms with E-state index in [1.54, 1.807) is 19.5 Å². The Hall–Kier alpha value is -2.50. The van der Waals surface area contributed by atoms with Crippen LogP contribution in [0.15, 0.2) is 52.2 Å². The molecule has 2 aromatic heterocycles. The summed E-state index contributed by atoms with van der Waals surface area (Å²) in [5.41, 5.74) is 0. The highest BCUT2D eigenvalue weighted by Gasteiger charge is 2.26. The maximum atomic E-state index is 5.90. The molecule has 1 saturated heterocycles. The Labute approximate surface area is 129 Å². The van der Waals surface area contributed by atoms with Crippen molar-refractivity contribution in [3.8, 4) is 5.88 Å². The van der Waals surface area contributed by atoms with Gasteiger partial charge in [-0.1, -0.05) is 6.07 Å². The van der Waals surface area contributed by atoms with E-state index in [1.807, 2.05) is 30.3 Å². The van der Waals surface area contributed by atoms with Crippen molar-refractivity contribution in [3.05, 3.63) is 48.6 Å². The highest BCUT2D eigenvalue weighted by Crippen LogP contribution is 2.16. The minimum atomic E-state index is 0.136. The predicted molar refractivity (Wildman–Crippen MR) is 83.7 cm³/mol. The van der Waals surface area contributed by atoms with E-state index in [9.17, 15) is 0 Å². The zero-order valence-corrected chi connectivity index (χ0v) is 12.6. The summed E-state index contributed by atoms with van der Waals surface area (Å²) in [7, 11) is 1.79. The van der Waals surface area contributed by atoms with Crippen molar-refractivity contribution in [1.29, 1.82) is 0 Å². The average Bonchev–Trinajstić information content (AvgIpc) is 3.21. The van der Waals surface area contributed by atoms with Crippen molar-refractivity contribution in [3.63, 3.8) is 0 Å². The van der Waals surface area contributed by atoms with Crippen LogP contribution in [0.2, 0.25) is 0 Å². The Bertz CT molecular complexity index is 598. The Kier molecular flexibility index (Phi) is 4.58. The first-order valence-electron chi connectivity index (χ1n) is 7.41. The van der Waals surface area contributed by atoms with Crippen LogP contribution in [0.3, 0.4) is 0 Å². The van der Waals surface area contributed by atoms with Gasteiger partial charge in [0.1, 0.15) is 11.9 Å². The van der Waals surface area contributed by atoms with Crippen molar-refractivity contribution in [2.24, 2.45) is 4.99 Å². The molecule has 1 atom stereocenters. The SMILES string of the molecule is CN=C(NCc1ccco1)N1CCC(Oc2ccccn2)C1. The van der Waals surface area contributed by atoms with Gasteiger partial charge in [-0.05, 0) is 18.2 Å². The molecular weight excluding hydrogens is 280 g/mol. The molecule has 2 aromatic rings. The molecule has 0 radical (unpaired) electrons. The second kappa shape index (κ2) is 6.98. The fourth-order valence-corrected chi connectivity index (χ4v) is 2.52. The minimum Gasteiger partial charge on any atom is -0.472 e. The van der Waals surface area contributed by atoms with Crippen LogP contribution in [0.25, 0.3) is 0 Å². The van der Waals surface area contributed by atoms with E-state index in [2.05, 4.69) is 20.2 Å². The van der Waals surface area contributed by atoms with Gasteiger partial charge < -0.3 is 19.4 Å². The van der Waals surface area contributed by atoms with E-state index in [0.29, 0.717) is 12.4 Å². The first kappa shape index (κ1) is 14.4. The summed E-state index contributed by atoms with van der Waals surface area (Å²) in [6.07, 6.45) is 4.51. The topological polar surface area (TPSA) is 62.9 Å². The molecule has 3 heterocycles. The second-order valence-corrected chi connectivity index (χ2v) is 5.12. The summed E-state index contributed by atoms with van der Waals surface area (Å²) >= 11 is 0. The zero-order valence-electron chi connectivity index (χ0n) is 12.6. The molecule has 3 rings (SSSR count). The summed E-state index contributed by atoms with van der Waals surface area (Å²) < 4.78 is 11.2. The van der Waals surface area contributed by atoms with Crippen LogP contribution in [-0.2, 0) is 6.54 Å². The Morgan fingerprint density at radius 1 is 1.45 bits per heavy atom. The van der Waals surface area contributed by atoms with Crippen LogP contribution >= 0.6 is 0 Å². The molecule has 22 heavy (non-hydrogen) atoms. The van der Waals surface area contributed by atoms with Gasteiger partial charge in [0.15, 0.2) is 5.96 Å². The number of furan rings is 1. The van der Waals surface area contributed by atoms with E-state index in [1.165, 1.54) is 0 Å².